The summed E-state index contributed by atoms with van der Waals surface area (Å²) in [5.74, 6) is 0. The van der Waals surface area contributed by atoms with Gasteiger partial charge in [0.2, 0.25) is 10.0 Å². The molecule has 108 valence electrons. The van der Waals surface area contributed by atoms with Gasteiger partial charge in [-0.15, -0.1) is 0 Å². The van der Waals surface area contributed by atoms with Crippen LogP contribution in [0.5, 0.6) is 0 Å². The number of rotatable bonds is 5. The average molecular weight is 292 g/mol. The second-order valence-electron chi connectivity index (χ2n) is 5.51. The maximum Gasteiger partial charge on any atom is 0.241 e. The maximum atomic E-state index is 12.6. The first-order valence-corrected chi connectivity index (χ1v) is 8.06. The summed E-state index contributed by atoms with van der Waals surface area (Å²) < 4.78 is 27.9. The number of nitrogens with two attached hydrogens (primary N) is 1. The van der Waals surface area contributed by atoms with E-state index in [1.54, 1.807) is 12.1 Å². The highest BCUT2D eigenvalue weighted by Gasteiger charge is 2.26. The number of hydrogen-bond donors (Lipinski definition) is 2. The fraction of sp³-hybridized carbons (Fsp3) is 0.333. The van der Waals surface area contributed by atoms with Crippen LogP contribution in [0.3, 0.4) is 0 Å². The van der Waals surface area contributed by atoms with Crippen molar-refractivity contribution in [3.8, 4) is 0 Å². The molecule has 0 aliphatic heterocycles. The molecule has 0 atom stereocenters. The van der Waals surface area contributed by atoms with Crippen molar-refractivity contribution in [3.63, 3.8) is 0 Å². The number of hydrogen-bond acceptors (Lipinski definition) is 3. The molecule has 4 nitrogen and oxygen atoms in total. The Balaban J connectivity index is 2.47. The molecule has 0 aliphatic carbocycles. The lowest BCUT2D eigenvalue weighted by atomic mass is 10.0. The lowest BCUT2D eigenvalue weighted by Gasteiger charge is -2.25. The molecule has 0 aliphatic rings. The van der Waals surface area contributed by atoms with Crippen LogP contribution in [0.25, 0.3) is 10.8 Å². The summed E-state index contributed by atoms with van der Waals surface area (Å²) in [6, 6.07) is 12.7. The first kappa shape index (κ1) is 15.0. The van der Waals surface area contributed by atoms with Crippen LogP contribution in [0.1, 0.15) is 20.3 Å². The molecule has 5 heteroatoms. The molecule has 0 aromatic heterocycles. The Labute approximate surface area is 120 Å². The van der Waals surface area contributed by atoms with E-state index >= 15 is 0 Å². The van der Waals surface area contributed by atoms with Crippen LogP contribution in [0.4, 0.5) is 0 Å². The van der Waals surface area contributed by atoms with Gasteiger partial charge >= 0.3 is 0 Å². The van der Waals surface area contributed by atoms with Crippen molar-refractivity contribution in [1.82, 2.24) is 4.72 Å². The zero-order chi connectivity index (χ0) is 14.8. The summed E-state index contributed by atoms with van der Waals surface area (Å²) in [5.41, 5.74) is 4.96. The molecular weight excluding hydrogens is 272 g/mol. The number of benzene rings is 2. The Morgan fingerprint density at radius 1 is 1.10 bits per heavy atom. The van der Waals surface area contributed by atoms with E-state index in [1.807, 2.05) is 44.2 Å². The first-order valence-electron chi connectivity index (χ1n) is 6.57. The fourth-order valence-corrected chi connectivity index (χ4v) is 3.93. The molecule has 0 fully saturated rings. The minimum atomic E-state index is -3.57. The Hall–Kier alpha value is -1.43. The van der Waals surface area contributed by atoms with Gasteiger partial charge < -0.3 is 5.73 Å². The highest BCUT2D eigenvalue weighted by Crippen LogP contribution is 2.24. The van der Waals surface area contributed by atoms with Crippen LogP contribution in [0, 0.1) is 0 Å². The third-order valence-electron chi connectivity index (χ3n) is 3.22. The smallest absolute Gasteiger partial charge is 0.241 e. The van der Waals surface area contributed by atoms with Gasteiger partial charge in [0.1, 0.15) is 0 Å². The SMILES string of the molecule is CC(C)(CCN)NS(=O)(=O)c1cccc2ccccc12. The molecule has 0 amide bonds. The first-order chi connectivity index (χ1) is 9.36. The predicted molar refractivity (Wildman–Crippen MR) is 82.0 cm³/mol. The molecule has 3 N–H and O–H groups in total. The van der Waals surface area contributed by atoms with Gasteiger partial charge in [-0.05, 0) is 38.3 Å². The normalized spacial score (nSPS) is 12.8. The van der Waals surface area contributed by atoms with Crippen LogP contribution in [0.15, 0.2) is 47.4 Å². The number of nitrogens with one attached hydrogen (secondary N) is 1. The van der Waals surface area contributed by atoms with Crippen LogP contribution < -0.4 is 10.5 Å². The molecular formula is C15H20N2O2S. The highest BCUT2D eigenvalue weighted by molar-refractivity contribution is 7.89. The summed E-state index contributed by atoms with van der Waals surface area (Å²) in [6.07, 6.45) is 0.580. The Kier molecular flexibility index (Phi) is 4.13. The molecule has 0 bridgehead atoms. The Morgan fingerprint density at radius 3 is 2.45 bits per heavy atom. The molecule has 2 rings (SSSR count). The quantitative estimate of drug-likeness (QED) is 0.887. The van der Waals surface area contributed by atoms with Crippen LogP contribution in [-0.2, 0) is 10.0 Å². The van der Waals surface area contributed by atoms with Gasteiger partial charge in [0.05, 0.1) is 4.90 Å². The van der Waals surface area contributed by atoms with Crippen molar-refractivity contribution in [2.75, 3.05) is 6.54 Å². The van der Waals surface area contributed by atoms with Gasteiger partial charge in [0.25, 0.3) is 0 Å². The summed E-state index contributed by atoms with van der Waals surface area (Å²) in [4.78, 5) is 0.306. The van der Waals surface area contributed by atoms with E-state index < -0.39 is 15.6 Å². The zero-order valence-electron chi connectivity index (χ0n) is 11.8. The maximum absolute atomic E-state index is 12.6. The molecule has 0 unspecified atom stereocenters. The van der Waals surface area contributed by atoms with Gasteiger partial charge in [0, 0.05) is 10.9 Å². The Morgan fingerprint density at radius 2 is 1.75 bits per heavy atom. The monoisotopic (exact) mass is 292 g/mol. The van der Waals surface area contributed by atoms with Crippen molar-refractivity contribution in [1.29, 1.82) is 0 Å². The fourth-order valence-electron chi connectivity index (χ4n) is 2.26. The van der Waals surface area contributed by atoms with Crippen molar-refractivity contribution in [3.05, 3.63) is 42.5 Å². The molecule has 0 saturated heterocycles. The van der Waals surface area contributed by atoms with E-state index in [2.05, 4.69) is 4.72 Å². The van der Waals surface area contributed by atoms with E-state index in [1.165, 1.54) is 0 Å². The van der Waals surface area contributed by atoms with Crippen LogP contribution in [-0.4, -0.2) is 20.5 Å². The van der Waals surface area contributed by atoms with E-state index in [0.717, 1.165) is 10.8 Å². The molecule has 0 heterocycles. The summed E-state index contributed by atoms with van der Waals surface area (Å²) >= 11 is 0. The average Bonchev–Trinajstić information content (AvgIpc) is 2.36. The third kappa shape index (κ3) is 3.17. The summed E-state index contributed by atoms with van der Waals surface area (Å²) in [5, 5.41) is 1.64. The minimum Gasteiger partial charge on any atom is -0.330 e. The Bertz CT molecular complexity index is 703. The zero-order valence-corrected chi connectivity index (χ0v) is 12.6. The highest BCUT2D eigenvalue weighted by atomic mass is 32.2. The second-order valence-corrected chi connectivity index (χ2v) is 7.16. The van der Waals surface area contributed by atoms with E-state index in [-0.39, 0.29) is 0 Å². The van der Waals surface area contributed by atoms with E-state index in [0.29, 0.717) is 17.9 Å². The van der Waals surface area contributed by atoms with Gasteiger partial charge in [-0.25, -0.2) is 13.1 Å². The van der Waals surface area contributed by atoms with E-state index in [4.69, 9.17) is 5.73 Å². The van der Waals surface area contributed by atoms with Crippen LogP contribution in [0.2, 0.25) is 0 Å². The largest absolute Gasteiger partial charge is 0.330 e. The summed E-state index contributed by atoms with van der Waals surface area (Å²) in [6.45, 7) is 4.11. The molecule has 20 heavy (non-hydrogen) atoms. The van der Waals surface area contributed by atoms with Gasteiger partial charge in [-0.1, -0.05) is 36.4 Å². The van der Waals surface area contributed by atoms with Gasteiger partial charge in [0.15, 0.2) is 0 Å². The lowest BCUT2D eigenvalue weighted by molar-refractivity contribution is 0.428. The van der Waals surface area contributed by atoms with Crippen molar-refractivity contribution in [2.24, 2.45) is 5.73 Å². The molecule has 0 radical (unpaired) electrons. The molecule has 0 saturated carbocycles. The summed E-state index contributed by atoms with van der Waals surface area (Å²) in [7, 11) is -3.57. The number of sulfonamides is 1. The standard InChI is InChI=1S/C15H20N2O2S/c1-15(2,10-11-16)17-20(18,19)14-9-5-7-12-6-3-4-8-13(12)14/h3-9,17H,10-11,16H2,1-2H3. The molecule has 2 aromatic carbocycles. The minimum absolute atomic E-state index is 0.306. The molecule has 2 aromatic rings. The van der Waals surface area contributed by atoms with Crippen molar-refractivity contribution >= 4 is 20.8 Å². The van der Waals surface area contributed by atoms with Crippen molar-refractivity contribution in [2.45, 2.75) is 30.7 Å². The predicted octanol–water partition coefficient (Wildman–Crippen LogP) is 2.25. The topological polar surface area (TPSA) is 72.2 Å². The lowest BCUT2D eigenvalue weighted by Crippen LogP contribution is -2.44. The molecule has 0 spiro atoms. The third-order valence-corrected chi connectivity index (χ3v) is 4.98. The number of fused-ring (bicyclic) bond motifs is 1. The second kappa shape index (κ2) is 5.52. The van der Waals surface area contributed by atoms with Crippen molar-refractivity contribution < 1.29 is 8.42 Å². The van der Waals surface area contributed by atoms with Gasteiger partial charge in [-0.3, -0.25) is 0 Å². The van der Waals surface area contributed by atoms with Crippen LogP contribution >= 0.6 is 0 Å². The van der Waals surface area contributed by atoms with E-state index in [9.17, 15) is 8.42 Å². The van der Waals surface area contributed by atoms with Gasteiger partial charge in [-0.2, -0.15) is 0 Å².